The molecule has 0 aromatic carbocycles. The zero-order valence-electron chi connectivity index (χ0n) is 80.1. The summed E-state index contributed by atoms with van der Waals surface area (Å²) in [5.41, 5.74) is 0. The zero-order chi connectivity index (χ0) is 80.1. The second kappa shape index (κ2) is 27.4. The highest BCUT2D eigenvalue weighted by Crippen LogP contribution is 2.81. The molecule has 0 aromatic heterocycles. The Morgan fingerprint density at radius 2 is 0.197 bits per heavy atom. The maximum absolute atomic E-state index is 2.97. The standard InChI is InChI=1S/C122H184/c1-53-11-13-63-29-95-101(31-73(53)63)103-33-75-55(3)15-57(5)77(75)35-105(103)113-43-85-67-21-65(83(85)41-111(95)113)23-68-25-70-27-72-28-71-26-69-24-66(22-67)84-42-112-96-30-64-14-12-54(2)74(64)32-102(96)107-37-79-59(7)17-91(97(79)49-119(107)115(112)45-87(69)84)92-19-61(9)81-39-109-110-40-82-62(10)20-94(100(82)52-122(110)118-48-90(72)89(71)47-117(118)121(109)51-99(81)92)93-18-60(8)80-38-108-104-34-76-56(4)16-58(6)78(76)36-106(104)114-44-86(68)88(70)46-116(114)120(108)50-98(80)93/h53-122H,11-52H2,1-10H3. The van der Waals surface area contributed by atoms with E-state index < -0.39 is 0 Å². The predicted molar refractivity (Wildman–Crippen MR) is 495 cm³/mol. The Bertz CT molecular complexity index is 4010. The van der Waals surface area contributed by atoms with E-state index in [2.05, 4.69) is 69.2 Å². The summed E-state index contributed by atoms with van der Waals surface area (Å²) in [6.45, 7) is 28.7. The molecular weight excluding hydrogens is 1470 g/mol. The molecule has 70 unspecified atom stereocenters. The van der Waals surface area contributed by atoms with Gasteiger partial charge in [-0.1, -0.05) is 82.1 Å². The molecular formula is C122H184. The van der Waals surface area contributed by atoms with Gasteiger partial charge in [-0.25, -0.2) is 0 Å². The highest BCUT2D eigenvalue weighted by molar-refractivity contribution is 5.22. The Labute approximate surface area is 748 Å². The fraction of sp³-hybridized carbons (Fsp3) is 1.00. The third kappa shape index (κ3) is 10.5. The van der Waals surface area contributed by atoms with E-state index in [0.717, 1.165) is 414 Å². The monoisotopic (exact) mass is 1650 g/mol. The topological polar surface area (TPSA) is 0 Å². The molecule has 70 atom stereocenters. The van der Waals surface area contributed by atoms with Crippen LogP contribution < -0.4 is 0 Å². The van der Waals surface area contributed by atoms with Crippen LogP contribution in [-0.2, 0) is 0 Å². The third-order valence-electron chi connectivity index (χ3n) is 59.4. The molecule has 31 aliphatic rings. The Hall–Kier alpha value is 0. The van der Waals surface area contributed by atoms with E-state index in [-0.39, 0.29) is 0 Å². The highest BCUT2D eigenvalue weighted by Gasteiger charge is 2.73. The molecule has 672 valence electrons. The summed E-state index contributed by atoms with van der Waals surface area (Å²) < 4.78 is 0. The number of hydrogen-bond donors (Lipinski definition) is 0. The molecule has 0 amide bonds. The summed E-state index contributed by atoms with van der Waals surface area (Å²) in [5.74, 6) is 75.4. The summed E-state index contributed by atoms with van der Waals surface area (Å²) in [6, 6.07) is 0. The van der Waals surface area contributed by atoms with Crippen LogP contribution in [0.25, 0.3) is 0 Å². The van der Waals surface area contributed by atoms with Crippen LogP contribution in [0, 0.1) is 414 Å². The molecule has 0 nitrogen and oxygen atoms in total. The Balaban J connectivity index is 0.576. The van der Waals surface area contributed by atoms with E-state index in [9.17, 15) is 0 Å². The van der Waals surface area contributed by atoms with Crippen LogP contribution >= 0.6 is 0 Å². The van der Waals surface area contributed by atoms with Crippen molar-refractivity contribution in [3.63, 3.8) is 0 Å². The van der Waals surface area contributed by atoms with Crippen molar-refractivity contribution in [2.75, 3.05) is 0 Å². The maximum Gasteiger partial charge on any atom is -0.0349 e. The van der Waals surface area contributed by atoms with Crippen molar-refractivity contribution in [1.29, 1.82) is 0 Å². The minimum Gasteiger partial charge on any atom is -0.0622 e. The van der Waals surface area contributed by atoms with Gasteiger partial charge in [0.05, 0.1) is 0 Å². The smallest absolute Gasteiger partial charge is 0.0349 e. The van der Waals surface area contributed by atoms with Gasteiger partial charge < -0.3 is 0 Å². The fourth-order valence-corrected chi connectivity index (χ4v) is 56.5. The van der Waals surface area contributed by atoms with Crippen LogP contribution in [0.5, 0.6) is 0 Å². The van der Waals surface area contributed by atoms with E-state index in [1.807, 2.05) is 0 Å². The predicted octanol–water partition coefficient (Wildman–Crippen LogP) is 30.1. The Kier molecular flexibility index (Phi) is 17.4. The summed E-state index contributed by atoms with van der Waals surface area (Å²) in [6.07, 6.45) is 72.3. The molecule has 31 aliphatic carbocycles. The van der Waals surface area contributed by atoms with Crippen LogP contribution in [0.4, 0.5) is 0 Å². The van der Waals surface area contributed by atoms with E-state index >= 15 is 0 Å². The SMILES string of the molecule is CC1CCC2CC3C(CC12)C1CC2C(C)CC(C)C2CC1C1CC2C4CC(CC5CC6CC7CC8CC9CC(C4)C4CC%10C%11CC%12CCC(C)C%12CC%11C%11CC%12C(C)CC(C%12CC%11C%10CC94)C4CC(C)C9CC%10C%11CC%12C(C)CC(C%12CC%11C%11CC7C8CC%11C%10CC94)C4CC(C)C7CC8C9CC%10C(C)CC(C)C%10CC9C9CC5C6CC9C8CC74)C2CC31. The van der Waals surface area contributed by atoms with Crippen LogP contribution in [0.15, 0.2) is 0 Å². The zero-order valence-corrected chi connectivity index (χ0v) is 80.1. The van der Waals surface area contributed by atoms with Crippen molar-refractivity contribution in [2.24, 2.45) is 414 Å². The van der Waals surface area contributed by atoms with E-state index in [0.29, 0.717) is 0 Å². The first-order chi connectivity index (χ1) is 59.4. The van der Waals surface area contributed by atoms with Crippen molar-refractivity contribution in [3.8, 4) is 0 Å². The van der Waals surface area contributed by atoms with Crippen molar-refractivity contribution in [1.82, 2.24) is 0 Å². The molecule has 122 heavy (non-hydrogen) atoms. The first-order valence-corrected chi connectivity index (χ1v) is 59.4. The van der Waals surface area contributed by atoms with Gasteiger partial charge in [0, 0.05) is 0 Å². The van der Waals surface area contributed by atoms with E-state index in [1.54, 1.807) is 270 Å². The molecule has 0 N–H and O–H groups in total. The summed E-state index contributed by atoms with van der Waals surface area (Å²) >= 11 is 0. The van der Waals surface area contributed by atoms with Crippen LogP contribution in [0.2, 0.25) is 0 Å². The molecule has 24 bridgehead atoms. The Morgan fingerprint density at radius 1 is 0.0738 bits per heavy atom. The number of hydrogen-bond acceptors (Lipinski definition) is 0. The Morgan fingerprint density at radius 3 is 0.385 bits per heavy atom. The van der Waals surface area contributed by atoms with Gasteiger partial charge in [-0.2, -0.15) is 0 Å². The van der Waals surface area contributed by atoms with Crippen molar-refractivity contribution >= 4 is 0 Å². The summed E-state index contributed by atoms with van der Waals surface area (Å²) in [4.78, 5) is 0. The molecule has 0 spiro atoms. The van der Waals surface area contributed by atoms with Crippen LogP contribution in [-0.4, -0.2) is 0 Å². The summed E-state index contributed by atoms with van der Waals surface area (Å²) in [5, 5.41) is 0. The lowest BCUT2D eigenvalue weighted by Crippen LogP contribution is -2.56. The molecule has 31 rings (SSSR count). The van der Waals surface area contributed by atoms with Gasteiger partial charge in [-0.3, -0.25) is 0 Å². The molecule has 0 aromatic rings. The molecule has 0 aliphatic heterocycles. The first kappa shape index (κ1) is 77.3. The molecule has 31 fully saturated rings. The highest BCUT2D eigenvalue weighted by atomic mass is 14.8. The quantitative estimate of drug-likeness (QED) is 0.227. The second-order valence-corrected chi connectivity index (χ2v) is 60.7. The van der Waals surface area contributed by atoms with Crippen LogP contribution in [0.1, 0.15) is 339 Å². The second-order valence-electron chi connectivity index (χ2n) is 60.7. The van der Waals surface area contributed by atoms with Gasteiger partial charge in [-0.15, -0.1) is 0 Å². The lowest BCUT2D eigenvalue weighted by molar-refractivity contribution is -0.146. The largest absolute Gasteiger partial charge is 0.0622 e. The normalized spacial score (nSPS) is 70.5. The van der Waals surface area contributed by atoms with Crippen molar-refractivity contribution in [2.45, 2.75) is 339 Å². The lowest BCUT2D eigenvalue weighted by atomic mass is 9.42. The molecule has 0 heteroatoms. The average molecular weight is 1650 g/mol. The molecule has 0 radical (unpaired) electrons. The number of rotatable bonds is 0. The van der Waals surface area contributed by atoms with Gasteiger partial charge in [0.15, 0.2) is 0 Å². The van der Waals surface area contributed by atoms with Gasteiger partial charge in [0.2, 0.25) is 0 Å². The minimum absolute atomic E-state index is 0.991. The van der Waals surface area contributed by atoms with Gasteiger partial charge in [0.1, 0.15) is 0 Å². The molecule has 31 saturated carbocycles. The van der Waals surface area contributed by atoms with Crippen molar-refractivity contribution < 1.29 is 0 Å². The van der Waals surface area contributed by atoms with E-state index in [1.165, 1.54) is 0 Å². The van der Waals surface area contributed by atoms with Gasteiger partial charge in [0.25, 0.3) is 0 Å². The van der Waals surface area contributed by atoms with E-state index in [4.69, 9.17) is 0 Å². The number of fused-ring (bicyclic) bond motifs is 28. The summed E-state index contributed by atoms with van der Waals surface area (Å²) in [7, 11) is 0. The third-order valence-corrected chi connectivity index (χ3v) is 59.4. The van der Waals surface area contributed by atoms with Gasteiger partial charge >= 0.3 is 0 Å². The average Bonchev–Trinajstić information content (AvgIpc) is 1.51. The first-order valence-electron chi connectivity index (χ1n) is 59.4. The minimum atomic E-state index is 0.991. The van der Waals surface area contributed by atoms with Crippen molar-refractivity contribution in [3.05, 3.63) is 0 Å². The maximum atomic E-state index is 2.97. The van der Waals surface area contributed by atoms with Gasteiger partial charge in [-0.05, 0) is 671 Å². The molecule has 0 heterocycles. The molecule has 0 saturated heterocycles. The lowest BCUT2D eigenvalue weighted by Gasteiger charge is -2.63. The fourth-order valence-electron chi connectivity index (χ4n) is 56.5. The van der Waals surface area contributed by atoms with Crippen LogP contribution in [0.3, 0.4) is 0 Å².